The third-order valence-electron chi connectivity index (χ3n) is 6.75. The lowest BCUT2D eigenvalue weighted by atomic mass is 9.87. The first-order valence-corrected chi connectivity index (χ1v) is 11.5. The summed E-state index contributed by atoms with van der Waals surface area (Å²) in [6.45, 7) is 6.37. The molecule has 1 aliphatic carbocycles. The largest absolute Gasteiger partial charge is 0.486 e. The number of likely N-dealkylation sites (N-methyl/N-ethyl adjacent to an activating group) is 1. The lowest BCUT2D eigenvalue weighted by Crippen LogP contribution is -2.48. The van der Waals surface area contributed by atoms with Gasteiger partial charge in [0, 0.05) is 6.04 Å². The number of nitriles is 1. The molecule has 1 aliphatic heterocycles. The fraction of sp³-hybridized carbons (Fsp3) is 0.462. The molecule has 0 bridgehead atoms. The van der Waals surface area contributed by atoms with E-state index in [4.69, 9.17) is 14.7 Å². The summed E-state index contributed by atoms with van der Waals surface area (Å²) in [5, 5.41) is 12.4. The highest BCUT2D eigenvalue weighted by molar-refractivity contribution is 5.79. The number of carbonyl (C=O) groups excluding carboxylic acids is 1. The summed E-state index contributed by atoms with van der Waals surface area (Å²) < 4.78 is 11.5. The van der Waals surface area contributed by atoms with E-state index in [0.29, 0.717) is 25.3 Å². The molecule has 4 rings (SSSR count). The molecule has 1 amide bonds. The van der Waals surface area contributed by atoms with Crippen molar-refractivity contribution in [3.05, 3.63) is 59.2 Å². The molecule has 1 unspecified atom stereocenters. The number of ether oxygens (including phenoxy) is 2. The standard InChI is InChI=1S/C26H31N3O3/c1-3-29(19(2)21-8-6-20(17-27)7-9-21)18-25(30)28-26(12-4-5-13-26)22-10-11-23-24(16-22)32-15-14-31-23/h6-11,16,19H,3-5,12-15,18H2,1-2H3,(H,28,30). The molecule has 2 aromatic carbocycles. The molecule has 2 aromatic rings. The Balaban J connectivity index is 1.48. The monoisotopic (exact) mass is 433 g/mol. The maximum Gasteiger partial charge on any atom is 0.234 e. The second kappa shape index (κ2) is 9.62. The minimum Gasteiger partial charge on any atom is -0.486 e. The van der Waals surface area contributed by atoms with Gasteiger partial charge in [0.15, 0.2) is 11.5 Å². The molecule has 1 saturated carbocycles. The molecule has 32 heavy (non-hydrogen) atoms. The Morgan fingerprint density at radius 3 is 2.47 bits per heavy atom. The van der Waals surface area contributed by atoms with Crippen LogP contribution >= 0.6 is 0 Å². The molecule has 1 atom stereocenters. The van der Waals surface area contributed by atoms with Crippen LogP contribution in [0.2, 0.25) is 0 Å². The van der Waals surface area contributed by atoms with Gasteiger partial charge in [0.2, 0.25) is 5.91 Å². The van der Waals surface area contributed by atoms with Gasteiger partial charge in [-0.2, -0.15) is 5.26 Å². The van der Waals surface area contributed by atoms with E-state index in [0.717, 1.165) is 54.9 Å². The van der Waals surface area contributed by atoms with E-state index in [9.17, 15) is 4.79 Å². The van der Waals surface area contributed by atoms with Crippen molar-refractivity contribution in [2.45, 2.75) is 51.1 Å². The van der Waals surface area contributed by atoms with E-state index < -0.39 is 0 Å². The summed E-state index contributed by atoms with van der Waals surface area (Å²) in [5.74, 6) is 1.57. The molecule has 0 saturated heterocycles. The summed E-state index contributed by atoms with van der Waals surface area (Å²) in [7, 11) is 0. The first-order chi connectivity index (χ1) is 15.5. The first kappa shape index (κ1) is 22.2. The van der Waals surface area contributed by atoms with Gasteiger partial charge in [-0.15, -0.1) is 0 Å². The molecular formula is C26H31N3O3. The van der Waals surface area contributed by atoms with Crippen LogP contribution < -0.4 is 14.8 Å². The van der Waals surface area contributed by atoms with Crippen LogP contribution in [0.1, 0.15) is 62.3 Å². The number of carbonyl (C=O) groups is 1. The van der Waals surface area contributed by atoms with Crippen molar-refractivity contribution in [1.29, 1.82) is 5.26 Å². The number of hydrogen-bond donors (Lipinski definition) is 1. The summed E-state index contributed by atoms with van der Waals surface area (Å²) >= 11 is 0. The molecule has 1 fully saturated rings. The lowest BCUT2D eigenvalue weighted by molar-refractivity contribution is -0.124. The van der Waals surface area contributed by atoms with Gasteiger partial charge in [-0.1, -0.05) is 38.0 Å². The van der Waals surface area contributed by atoms with Crippen molar-refractivity contribution in [2.24, 2.45) is 0 Å². The predicted molar refractivity (Wildman–Crippen MR) is 123 cm³/mol. The summed E-state index contributed by atoms with van der Waals surface area (Å²) in [6.07, 6.45) is 4.03. The van der Waals surface area contributed by atoms with Gasteiger partial charge in [0.1, 0.15) is 13.2 Å². The minimum atomic E-state index is -0.357. The van der Waals surface area contributed by atoms with Gasteiger partial charge in [-0.05, 0) is 61.7 Å². The molecule has 0 spiro atoms. The van der Waals surface area contributed by atoms with Crippen LogP contribution in [0.25, 0.3) is 0 Å². The van der Waals surface area contributed by atoms with Crippen molar-refractivity contribution in [3.63, 3.8) is 0 Å². The summed E-state index contributed by atoms with van der Waals surface area (Å²) in [6, 6.07) is 15.9. The zero-order valence-corrected chi connectivity index (χ0v) is 18.9. The fourth-order valence-electron chi connectivity index (χ4n) is 4.87. The fourth-order valence-corrected chi connectivity index (χ4v) is 4.87. The Labute approximate surface area is 190 Å². The molecule has 6 heteroatoms. The quantitative estimate of drug-likeness (QED) is 0.705. The van der Waals surface area contributed by atoms with Crippen molar-refractivity contribution >= 4 is 5.91 Å². The van der Waals surface area contributed by atoms with Crippen molar-refractivity contribution in [3.8, 4) is 17.6 Å². The molecule has 0 radical (unpaired) electrons. The zero-order valence-electron chi connectivity index (χ0n) is 18.9. The third-order valence-corrected chi connectivity index (χ3v) is 6.75. The average molecular weight is 434 g/mol. The Kier molecular flexibility index (Phi) is 6.66. The normalized spacial score (nSPS) is 17.6. The smallest absolute Gasteiger partial charge is 0.234 e. The molecule has 0 aromatic heterocycles. The molecule has 168 valence electrons. The number of fused-ring (bicyclic) bond motifs is 1. The van der Waals surface area contributed by atoms with Crippen LogP contribution in [0.15, 0.2) is 42.5 Å². The van der Waals surface area contributed by atoms with E-state index in [1.165, 1.54) is 0 Å². The van der Waals surface area contributed by atoms with E-state index in [2.05, 4.69) is 36.2 Å². The molecule has 2 aliphatic rings. The van der Waals surface area contributed by atoms with Crippen LogP contribution in [0.3, 0.4) is 0 Å². The molecule has 6 nitrogen and oxygen atoms in total. The van der Waals surface area contributed by atoms with Crippen molar-refractivity contribution in [2.75, 3.05) is 26.3 Å². The number of nitrogens with one attached hydrogen (secondary N) is 1. The number of nitrogens with zero attached hydrogens (tertiary/aromatic N) is 2. The number of benzene rings is 2. The van der Waals surface area contributed by atoms with E-state index in [1.54, 1.807) is 0 Å². The zero-order chi connectivity index (χ0) is 22.6. The number of rotatable bonds is 7. The van der Waals surface area contributed by atoms with Crippen LogP contribution in [0.5, 0.6) is 11.5 Å². The third kappa shape index (κ3) is 4.58. The van der Waals surface area contributed by atoms with E-state index >= 15 is 0 Å². The van der Waals surface area contributed by atoms with Gasteiger partial charge in [-0.3, -0.25) is 9.69 Å². The average Bonchev–Trinajstić information content (AvgIpc) is 3.31. The van der Waals surface area contributed by atoms with Crippen molar-refractivity contribution in [1.82, 2.24) is 10.2 Å². The van der Waals surface area contributed by atoms with Gasteiger partial charge >= 0.3 is 0 Å². The Morgan fingerprint density at radius 1 is 1.12 bits per heavy atom. The van der Waals surface area contributed by atoms with Crippen LogP contribution in [0, 0.1) is 11.3 Å². The SMILES string of the molecule is CCN(CC(=O)NC1(c2ccc3c(c2)OCCO3)CCCC1)C(C)c1ccc(C#N)cc1. The Morgan fingerprint density at radius 2 is 1.81 bits per heavy atom. The minimum absolute atomic E-state index is 0.0316. The first-order valence-electron chi connectivity index (χ1n) is 11.5. The maximum atomic E-state index is 13.2. The van der Waals surface area contributed by atoms with Crippen molar-refractivity contribution < 1.29 is 14.3 Å². The highest BCUT2D eigenvalue weighted by Gasteiger charge is 2.38. The summed E-state index contributed by atoms with van der Waals surface area (Å²) in [4.78, 5) is 15.4. The lowest BCUT2D eigenvalue weighted by Gasteiger charge is -2.34. The summed E-state index contributed by atoms with van der Waals surface area (Å²) in [5.41, 5.74) is 2.48. The molecule has 1 heterocycles. The van der Waals surface area contributed by atoms with E-state index in [1.807, 2.05) is 36.4 Å². The van der Waals surface area contributed by atoms with Gasteiger partial charge in [0.05, 0.1) is 23.7 Å². The highest BCUT2D eigenvalue weighted by atomic mass is 16.6. The maximum absolute atomic E-state index is 13.2. The van der Waals surface area contributed by atoms with Crippen LogP contribution in [0.4, 0.5) is 0 Å². The van der Waals surface area contributed by atoms with Gasteiger partial charge in [0.25, 0.3) is 0 Å². The second-order valence-corrected chi connectivity index (χ2v) is 8.67. The topological polar surface area (TPSA) is 74.6 Å². The Hall–Kier alpha value is -3.04. The van der Waals surface area contributed by atoms with E-state index in [-0.39, 0.29) is 17.5 Å². The van der Waals surface area contributed by atoms with Crippen LogP contribution in [-0.2, 0) is 10.3 Å². The molecule has 1 N–H and O–H groups in total. The highest BCUT2D eigenvalue weighted by Crippen LogP contribution is 2.42. The predicted octanol–water partition coefficient (Wildman–Crippen LogP) is 4.30. The second-order valence-electron chi connectivity index (χ2n) is 8.67. The van der Waals surface area contributed by atoms with Crippen LogP contribution in [-0.4, -0.2) is 37.1 Å². The number of hydrogen-bond acceptors (Lipinski definition) is 5. The molecular weight excluding hydrogens is 402 g/mol. The van der Waals surface area contributed by atoms with Gasteiger partial charge in [-0.25, -0.2) is 0 Å². The number of amides is 1. The Bertz CT molecular complexity index is 990. The van der Waals surface area contributed by atoms with Gasteiger partial charge < -0.3 is 14.8 Å².